The molecule has 1 unspecified atom stereocenters. The zero-order chi connectivity index (χ0) is 31.9. The molecule has 236 valence electrons. The first-order chi connectivity index (χ1) is 21.6. The Morgan fingerprint density at radius 3 is 2.56 bits per heavy atom. The van der Waals surface area contributed by atoms with Crippen molar-refractivity contribution in [2.75, 3.05) is 33.9 Å². The van der Waals surface area contributed by atoms with E-state index in [0.29, 0.717) is 54.8 Å². The van der Waals surface area contributed by atoms with Gasteiger partial charge in [0.25, 0.3) is 0 Å². The largest absolute Gasteiger partial charge is 0.497 e. The summed E-state index contributed by atoms with van der Waals surface area (Å²) in [5, 5.41) is 0.924. The number of pyridine rings is 1. The lowest BCUT2D eigenvalue weighted by Gasteiger charge is -2.29. The number of carbonyl (C=O) groups is 1. The van der Waals surface area contributed by atoms with Gasteiger partial charge in [0.15, 0.2) is 0 Å². The third kappa shape index (κ3) is 5.91. The van der Waals surface area contributed by atoms with Crippen molar-refractivity contribution in [1.29, 1.82) is 0 Å². The zero-order valence-electron chi connectivity index (χ0n) is 25.4. The Morgan fingerprint density at radius 2 is 1.82 bits per heavy atom. The molecule has 0 bridgehead atoms. The minimum Gasteiger partial charge on any atom is -0.497 e. The van der Waals surface area contributed by atoms with Crippen LogP contribution in [-0.4, -0.2) is 80.1 Å². The topological polar surface area (TPSA) is 101 Å². The van der Waals surface area contributed by atoms with Gasteiger partial charge in [0.05, 0.1) is 54.3 Å². The number of para-hydroxylation sites is 1. The highest BCUT2D eigenvalue weighted by Gasteiger charge is 2.39. The summed E-state index contributed by atoms with van der Waals surface area (Å²) in [5.74, 6) is -0.281. The molecule has 1 atom stereocenters. The molecular weight excluding hydrogens is 587 g/mol. The number of methoxy groups -OCH3 is 2. The molecule has 0 saturated carbocycles. The van der Waals surface area contributed by atoms with Crippen LogP contribution in [0, 0.1) is 0 Å². The summed E-state index contributed by atoms with van der Waals surface area (Å²) in [6.07, 6.45) is -2.55. The number of ether oxygens (including phenoxy) is 2. The number of aromatic nitrogens is 5. The summed E-state index contributed by atoms with van der Waals surface area (Å²) in [7, 11) is 2.98. The summed E-state index contributed by atoms with van der Waals surface area (Å²) < 4.78 is 54.2. The van der Waals surface area contributed by atoms with Crippen molar-refractivity contribution in [2.45, 2.75) is 45.1 Å². The van der Waals surface area contributed by atoms with Crippen LogP contribution in [0.5, 0.6) is 11.6 Å². The van der Waals surface area contributed by atoms with Crippen LogP contribution in [-0.2, 0) is 17.5 Å². The standard InChI is InChI=1S/C32H34F3N7O3/c1-19(2)40-12-11-26(29-36-17-25(37-29)22-15-20-7-5-6-8-23(20)38-30(22)45-4)41(14-13-40)28(43)18-42-27-16-21(44-3)9-10-24(27)39-31(42)32(33,34)35/h5-10,15-17,19,26H,11-14,18H2,1-4H3,(H,36,37). The molecule has 0 spiro atoms. The molecule has 1 fully saturated rings. The molecule has 0 aliphatic carbocycles. The fourth-order valence-corrected chi connectivity index (χ4v) is 5.97. The third-order valence-electron chi connectivity index (χ3n) is 8.33. The second kappa shape index (κ2) is 12.0. The lowest BCUT2D eigenvalue weighted by molar-refractivity contribution is -0.148. The third-order valence-corrected chi connectivity index (χ3v) is 8.33. The average molecular weight is 622 g/mol. The van der Waals surface area contributed by atoms with E-state index in [9.17, 15) is 18.0 Å². The maximum absolute atomic E-state index is 14.2. The second-order valence-electron chi connectivity index (χ2n) is 11.3. The fourth-order valence-electron chi connectivity index (χ4n) is 5.97. The maximum atomic E-state index is 14.2. The van der Waals surface area contributed by atoms with E-state index in [-0.39, 0.29) is 17.1 Å². The average Bonchev–Trinajstić information content (AvgIpc) is 3.58. The Labute approximate surface area is 257 Å². The molecular formula is C32H34F3N7O3. The van der Waals surface area contributed by atoms with Crippen molar-refractivity contribution in [1.82, 2.24) is 34.3 Å². The minimum atomic E-state index is -4.76. The number of hydrogen-bond acceptors (Lipinski definition) is 7. The molecule has 13 heteroatoms. The number of amides is 1. The number of halogens is 3. The smallest absolute Gasteiger partial charge is 0.449 e. The van der Waals surface area contributed by atoms with Crippen molar-refractivity contribution in [2.24, 2.45) is 0 Å². The molecule has 0 radical (unpaired) electrons. The first kappa shape index (κ1) is 30.4. The zero-order valence-corrected chi connectivity index (χ0v) is 25.4. The van der Waals surface area contributed by atoms with E-state index in [1.54, 1.807) is 24.3 Å². The van der Waals surface area contributed by atoms with E-state index in [4.69, 9.17) is 9.47 Å². The van der Waals surface area contributed by atoms with E-state index < -0.39 is 30.5 Å². The second-order valence-corrected chi connectivity index (χ2v) is 11.3. The van der Waals surface area contributed by atoms with Crippen LogP contribution in [0.3, 0.4) is 0 Å². The molecule has 1 amide bonds. The van der Waals surface area contributed by atoms with Crippen molar-refractivity contribution < 1.29 is 27.4 Å². The van der Waals surface area contributed by atoms with Gasteiger partial charge in [-0.25, -0.2) is 15.0 Å². The highest BCUT2D eigenvalue weighted by molar-refractivity contribution is 5.85. The Kier molecular flexibility index (Phi) is 8.12. The predicted octanol–water partition coefficient (Wildman–Crippen LogP) is 5.69. The molecule has 1 aliphatic heterocycles. The monoisotopic (exact) mass is 621 g/mol. The Morgan fingerprint density at radius 1 is 1.02 bits per heavy atom. The number of fused-ring (bicyclic) bond motifs is 2. The van der Waals surface area contributed by atoms with Gasteiger partial charge in [-0.3, -0.25) is 9.69 Å². The fraction of sp³-hybridized carbons (Fsp3) is 0.375. The Bertz CT molecular complexity index is 1850. The molecule has 3 aromatic heterocycles. The van der Waals surface area contributed by atoms with Crippen LogP contribution in [0.15, 0.2) is 54.7 Å². The Balaban J connectivity index is 1.37. The molecule has 6 rings (SSSR count). The summed E-state index contributed by atoms with van der Waals surface area (Å²) in [6.45, 7) is 5.18. The van der Waals surface area contributed by atoms with Gasteiger partial charge in [-0.1, -0.05) is 18.2 Å². The summed E-state index contributed by atoms with van der Waals surface area (Å²) >= 11 is 0. The van der Waals surface area contributed by atoms with E-state index in [1.165, 1.54) is 19.2 Å². The quantitative estimate of drug-likeness (QED) is 0.249. The van der Waals surface area contributed by atoms with Gasteiger partial charge in [0, 0.05) is 37.1 Å². The van der Waals surface area contributed by atoms with Crippen molar-refractivity contribution in [3.05, 3.63) is 66.4 Å². The highest BCUT2D eigenvalue weighted by atomic mass is 19.4. The number of benzene rings is 2. The number of imidazole rings is 2. The van der Waals surface area contributed by atoms with E-state index in [2.05, 4.69) is 38.7 Å². The lowest BCUT2D eigenvalue weighted by Crippen LogP contribution is -2.40. The van der Waals surface area contributed by atoms with Crippen LogP contribution < -0.4 is 9.47 Å². The molecule has 45 heavy (non-hydrogen) atoms. The number of alkyl halides is 3. The van der Waals surface area contributed by atoms with Gasteiger partial charge in [0.1, 0.15) is 18.1 Å². The molecule has 1 aliphatic rings. The molecule has 4 heterocycles. The summed E-state index contributed by atoms with van der Waals surface area (Å²) in [6, 6.07) is 13.8. The number of rotatable bonds is 7. The number of H-pyrrole nitrogens is 1. The molecule has 2 aromatic carbocycles. The van der Waals surface area contributed by atoms with E-state index in [0.717, 1.165) is 15.5 Å². The number of aromatic amines is 1. The molecule has 1 N–H and O–H groups in total. The number of nitrogens with zero attached hydrogens (tertiary/aromatic N) is 6. The number of nitrogens with one attached hydrogen (secondary N) is 1. The van der Waals surface area contributed by atoms with Crippen LogP contribution in [0.4, 0.5) is 13.2 Å². The molecule has 10 nitrogen and oxygen atoms in total. The van der Waals surface area contributed by atoms with Gasteiger partial charge in [-0.15, -0.1) is 0 Å². The van der Waals surface area contributed by atoms with Crippen molar-refractivity contribution >= 4 is 27.8 Å². The SMILES string of the molecule is COc1ccc2nc(C(F)(F)F)n(CC(=O)N3CCN(C(C)C)CCC3c3ncc(-c4cc5ccccc5nc4OC)[nH]3)c2c1. The predicted molar refractivity (Wildman–Crippen MR) is 163 cm³/mol. The van der Waals surface area contributed by atoms with Crippen LogP contribution >= 0.6 is 0 Å². The van der Waals surface area contributed by atoms with Gasteiger partial charge < -0.3 is 23.9 Å². The van der Waals surface area contributed by atoms with Crippen LogP contribution in [0.25, 0.3) is 33.2 Å². The van der Waals surface area contributed by atoms with E-state index >= 15 is 0 Å². The van der Waals surface area contributed by atoms with Crippen molar-refractivity contribution in [3.8, 4) is 22.9 Å². The number of carbonyl (C=O) groups excluding carboxylic acids is 1. The van der Waals surface area contributed by atoms with E-state index in [1.807, 2.05) is 30.3 Å². The maximum Gasteiger partial charge on any atom is 0.449 e. The summed E-state index contributed by atoms with van der Waals surface area (Å²) in [5.41, 5.74) is 2.45. The molecule has 1 saturated heterocycles. The van der Waals surface area contributed by atoms with Crippen LogP contribution in [0.1, 0.15) is 38.0 Å². The van der Waals surface area contributed by atoms with Gasteiger partial charge >= 0.3 is 6.18 Å². The highest BCUT2D eigenvalue weighted by Crippen LogP contribution is 2.35. The lowest BCUT2D eigenvalue weighted by atomic mass is 10.1. The molecule has 5 aromatic rings. The normalized spacial score (nSPS) is 16.4. The Hall–Kier alpha value is -4.65. The first-order valence-corrected chi connectivity index (χ1v) is 14.7. The summed E-state index contributed by atoms with van der Waals surface area (Å²) in [4.78, 5) is 34.5. The van der Waals surface area contributed by atoms with Crippen LogP contribution in [0.2, 0.25) is 0 Å². The van der Waals surface area contributed by atoms with Gasteiger partial charge in [-0.05, 0) is 44.5 Å². The minimum absolute atomic E-state index is 0.128. The number of hydrogen-bond donors (Lipinski definition) is 1. The van der Waals surface area contributed by atoms with Gasteiger partial charge in [0.2, 0.25) is 17.6 Å². The van der Waals surface area contributed by atoms with Crippen molar-refractivity contribution in [3.63, 3.8) is 0 Å². The van der Waals surface area contributed by atoms with Gasteiger partial charge in [-0.2, -0.15) is 13.2 Å². The first-order valence-electron chi connectivity index (χ1n) is 14.7.